The Balaban J connectivity index is 1.51. The van der Waals surface area contributed by atoms with E-state index in [0.717, 1.165) is 22.5 Å². The molecule has 0 saturated heterocycles. The van der Waals surface area contributed by atoms with E-state index >= 15 is 0 Å². The van der Waals surface area contributed by atoms with E-state index in [9.17, 15) is 0 Å². The zero-order valence-corrected chi connectivity index (χ0v) is 14.7. The summed E-state index contributed by atoms with van der Waals surface area (Å²) in [4.78, 5) is 8.80. The summed E-state index contributed by atoms with van der Waals surface area (Å²) in [5.74, 6) is 1.80. The van der Waals surface area contributed by atoms with Gasteiger partial charge < -0.3 is 4.42 Å². The Morgan fingerprint density at radius 3 is 2.92 bits per heavy atom. The van der Waals surface area contributed by atoms with E-state index in [1.54, 1.807) is 17.0 Å². The first-order valence-corrected chi connectivity index (χ1v) is 8.31. The molecule has 0 spiro atoms. The molecule has 0 unspecified atom stereocenters. The van der Waals surface area contributed by atoms with E-state index in [1.165, 1.54) is 0 Å². The van der Waals surface area contributed by atoms with Crippen molar-refractivity contribution in [1.29, 1.82) is 0 Å². The van der Waals surface area contributed by atoms with Crippen molar-refractivity contribution < 1.29 is 4.42 Å². The molecule has 0 aromatic carbocycles. The predicted octanol–water partition coefficient (Wildman–Crippen LogP) is 2.78. The highest BCUT2D eigenvalue weighted by Gasteiger charge is 2.15. The van der Waals surface area contributed by atoms with Gasteiger partial charge in [-0.2, -0.15) is 10.2 Å². The zero-order valence-electron chi connectivity index (χ0n) is 13.9. The number of hydrogen-bond acceptors (Lipinski definition) is 6. The fourth-order valence-electron chi connectivity index (χ4n) is 2.91. The summed E-state index contributed by atoms with van der Waals surface area (Å²) >= 11 is 6.20. The van der Waals surface area contributed by atoms with Crippen molar-refractivity contribution in [2.75, 3.05) is 0 Å². The Kier molecular flexibility index (Phi) is 3.13. The third-order valence-corrected chi connectivity index (χ3v) is 4.82. The maximum Gasteiger partial charge on any atom is 0.217 e. The smallest absolute Gasteiger partial charge is 0.217 e. The van der Waals surface area contributed by atoms with Crippen LogP contribution in [0.15, 0.2) is 29.1 Å². The molecule has 0 aliphatic carbocycles. The van der Waals surface area contributed by atoms with Crippen LogP contribution in [0.2, 0.25) is 5.02 Å². The van der Waals surface area contributed by atoms with Crippen molar-refractivity contribution in [3.63, 3.8) is 0 Å². The van der Waals surface area contributed by atoms with Gasteiger partial charge in [0.25, 0.3) is 0 Å². The van der Waals surface area contributed by atoms with Crippen molar-refractivity contribution in [2.45, 2.75) is 20.4 Å². The van der Waals surface area contributed by atoms with E-state index < -0.39 is 0 Å². The van der Waals surface area contributed by atoms with E-state index in [-0.39, 0.29) is 0 Å². The van der Waals surface area contributed by atoms with Gasteiger partial charge in [-0.1, -0.05) is 11.6 Å². The molecule has 1 N–H and O–H groups in total. The second-order valence-electron chi connectivity index (χ2n) is 5.99. The van der Waals surface area contributed by atoms with Gasteiger partial charge >= 0.3 is 0 Å². The fraction of sp³-hybridized carbons (Fsp3) is 0.188. The monoisotopic (exact) mass is 368 g/mol. The molecule has 10 heteroatoms. The molecule has 0 atom stereocenters. The Labute approximate surface area is 151 Å². The Hall–Kier alpha value is -3.20. The molecule has 0 fully saturated rings. The Bertz CT molecular complexity index is 1260. The maximum absolute atomic E-state index is 6.20. The summed E-state index contributed by atoms with van der Waals surface area (Å²) in [5, 5.41) is 17.1. The van der Waals surface area contributed by atoms with Crippen LogP contribution in [0.4, 0.5) is 0 Å². The van der Waals surface area contributed by atoms with Crippen LogP contribution in [0, 0.1) is 13.8 Å². The van der Waals surface area contributed by atoms with Gasteiger partial charge in [-0.25, -0.2) is 14.5 Å². The zero-order chi connectivity index (χ0) is 17.8. The molecule has 5 rings (SSSR count). The Morgan fingerprint density at radius 2 is 2.12 bits per heavy atom. The minimum Gasteiger partial charge on any atom is -0.456 e. The number of furan rings is 1. The number of H-pyrrole nitrogens is 1. The summed E-state index contributed by atoms with van der Waals surface area (Å²) in [6.07, 6.45) is 3.27. The van der Waals surface area contributed by atoms with Crippen LogP contribution in [0.1, 0.15) is 17.1 Å². The van der Waals surface area contributed by atoms with Crippen LogP contribution in [0.3, 0.4) is 0 Å². The molecule has 26 heavy (non-hydrogen) atoms. The Morgan fingerprint density at radius 1 is 1.23 bits per heavy atom. The van der Waals surface area contributed by atoms with Crippen LogP contribution in [0.5, 0.6) is 0 Å². The van der Waals surface area contributed by atoms with Gasteiger partial charge in [-0.15, -0.1) is 5.10 Å². The van der Waals surface area contributed by atoms with Gasteiger partial charge in [0.1, 0.15) is 12.1 Å². The largest absolute Gasteiger partial charge is 0.456 e. The van der Waals surface area contributed by atoms with Crippen LogP contribution in [0.25, 0.3) is 28.3 Å². The highest BCUT2D eigenvalue weighted by molar-refractivity contribution is 6.31. The van der Waals surface area contributed by atoms with Crippen molar-refractivity contribution in [3.8, 4) is 11.6 Å². The van der Waals surface area contributed by atoms with Crippen molar-refractivity contribution in [3.05, 3.63) is 46.8 Å². The third-order valence-electron chi connectivity index (χ3n) is 4.27. The highest BCUT2D eigenvalue weighted by Crippen LogP contribution is 2.24. The number of rotatable bonds is 3. The van der Waals surface area contributed by atoms with E-state index in [1.807, 2.05) is 30.7 Å². The molecule has 5 heterocycles. The number of halogens is 1. The van der Waals surface area contributed by atoms with Gasteiger partial charge in [0.05, 0.1) is 34.5 Å². The third kappa shape index (κ3) is 2.21. The van der Waals surface area contributed by atoms with E-state index in [2.05, 4.69) is 30.4 Å². The number of aromatic nitrogens is 8. The topological polar surface area (TPSA) is 103 Å². The van der Waals surface area contributed by atoms with Crippen molar-refractivity contribution in [1.82, 2.24) is 39.6 Å². The van der Waals surface area contributed by atoms with Gasteiger partial charge in [0.15, 0.2) is 17.1 Å². The molecule has 130 valence electrons. The molecular formula is C16H13ClN8O. The maximum atomic E-state index is 6.20. The van der Waals surface area contributed by atoms with Crippen LogP contribution in [-0.4, -0.2) is 39.6 Å². The lowest BCUT2D eigenvalue weighted by Crippen LogP contribution is -2.02. The second-order valence-corrected chi connectivity index (χ2v) is 6.37. The first-order chi connectivity index (χ1) is 12.6. The molecule has 0 amide bonds. The first-order valence-electron chi connectivity index (χ1n) is 7.93. The molecule has 5 aromatic rings. The SMILES string of the molecule is Cc1nn(Cc2ccc(-c3nc4c5cn[nH]c5ncn4n3)o2)c(C)c1Cl. The standard InChI is InChI=1S/C16H13ClN8O/c1-8-13(17)9(2)24(22-8)6-10-3-4-12(26-10)15-20-16-11-5-19-21-14(11)18-7-25(16)23-15/h3-5,7H,6H2,1-2H3,(H,19,21). The summed E-state index contributed by atoms with van der Waals surface area (Å²) in [6, 6.07) is 3.73. The molecule has 5 aromatic heterocycles. The molecule has 0 saturated carbocycles. The summed E-state index contributed by atoms with van der Waals surface area (Å²) in [7, 11) is 0. The minimum absolute atomic E-state index is 0.484. The quantitative estimate of drug-likeness (QED) is 0.525. The average molecular weight is 369 g/mol. The van der Waals surface area contributed by atoms with Crippen molar-refractivity contribution in [2.24, 2.45) is 0 Å². The van der Waals surface area contributed by atoms with Crippen LogP contribution in [-0.2, 0) is 6.54 Å². The van der Waals surface area contributed by atoms with Crippen LogP contribution < -0.4 is 0 Å². The van der Waals surface area contributed by atoms with Gasteiger partial charge in [-0.3, -0.25) is 9.78 Å². The van der Waals surface area contributed by atoms with E-state index in [0.29, 0.717) is 34.4 Å². The lowest BCUT2D eigenvalue weighted by molar-refractivity contribution is 0.483. The number of nitrogens with one attached hydrogen (secondary N) is 1. The lowest BCUT2D eigenvalue weighted by atomic mass is 10.4. The molecule has 0 bridgehead atoms. The van der Waals surface area contributed by atoms with E-state index in [4.69, 9.17) is 16.0 Å². The summed E-state index contributed by atoms with van der Waals surface area (Å²) in [5.41, 5.74) is 3.04. The average Bonchev–Trinajstić information content (AvgIpc) is 3.38. The highest BCUT2D eigenvalue weighted by atomic mass is 35.5. The summed E-state index contributed by atoms with van der Waals surface area (Å²) in [6.45, 7) is 4.30. The number of fused-ring (bicyclic) bond motifs is 3. The lowest BCUT2D eigenvalue weighted by Gasteiger charge is -2.01. The second kappa shape index (κ2) is 5.40. The molecule has 0 aliphatic heterocycles. The van der Waals surface area contributed by atoms with Gasteiger partial charge in [-0.05, 0) is 26.0 Å². The van der Waals surface area contributed by atoms with Crippen molar-refractivity contribution >= 4 is 28.3 Å². The van der Waals surface area contributed by atoms with Gasteiger partial charge in [0.2, 0.25) is 5.82 Å². The molecule has 0 aliphatic rings. The summed E-state index contributed by atoms with van der Waals surface area (Å²) < 4.78 is 9.34. The molecular weight excluding hydrogens is 356 g/mol. The van der Waals surface area contributed by atoms with Crippen LogP contribution >= 0.6 is 11.6 Å². The molecule has 9 nitrogen and oxygen atoms in total. The normalized spacial score (nSPS) is 11.8. The number of aromatic amines is 1. The van der Waals surface area contributed by atoms with Gasteiger partial charge in [0, 0.05) is 0 Å². The number of aryl methyl sites for hydroxylation is 1. The molecule has 0 radical (unpaired) electrons. The minimum atomic E-state index is 0.484. The number of nitrogens with zero attached hydrogens (tertiary/aromatic N) is 7. The number of hydrogen-bond donors (Lipinski definition) is 1. The predicted molar refractivity (Wildman–Crippen MR) is 93.9 cm³/mol. The fourth-order valence-corrected chi connectivity index (χ4v) is 3.04. The first kappa shape index (κ1) is 15.1.